The molecular formula is C34H38N6O6S. The smallest absolute Gasteiger partial charge is 0.246 e. The molecule has 5 rings (SSSR count). The Kier molecular flexibility index (Phi) is 10.7. The maximum Gasteiger partial charge on any atom is 0.246 e. The maximum atomic E-state index is 13.9. The molecule has 47 heavy (non-hydrogen) atoms. The summed E-state index contributed by atoms with van der Waals surface area (Å²) in [4.78, 5) is 44.0. The van der Waals surface area contributed by atoms with E-state index in [1.165, 1.54) is 26.4 Å². The van der Waals surface area contributed by atoms with Crippen LogP contribution in [0.4, 0.5) is 11.4 Å². The fourth-order valence-electron chi connectivity index (χ4n) is 5.84. The molecule has 1 aromatic heterocycles. The second kappa shape index (κ2) is 15.0. The lowest BCUT2D eigenvalue weighted by Gasteiger charge is -2.19. The SMILES string of the molecule is COc1cc2c(c(OC)c1OC)-c1ccc(NC(CCSC)C(=O)Nc3cccc(-c4ncn[nH]4)c3)c(=O)cc1C(NC(C)=O)CC2. The molecule has 1 heterocycles. The number of fused-ring (bicyclic) bond motifs is 3. The summed E-state index contributed by atoms with van der Waals surface area (Å²) in [5.74, 6) is 2.16. The van der Waals surface area contributed by atoms with Crippen molar-refractivity contribution in [2.24, 2.45) is 0 Å². The predicted octanol–water partition coefficient (Wildman–Crippen LogP) is 4.82. The first-order valence-corrected chi connectivity index (χ1v) is 16.5. The fourth-order valence-corrected chi connectivity index (χ4v) is 6.31. The minimum atomic E-state index is -0.719. The lowest BCUT2D eigenvalue weighted by atomic mass is 9.95. The molecule has 1 aliphatic rings. The number of carbonyl (C=O) groups excluding carboxylic acids is 2. The van der Waals surface area contributed by atoms with E-state index >= 15 is 0 Å². The van der Waals surface area contributed by atoms with Gasteiger partial charge in [0.2, 0.25) is 23.0 Å². The third kappa shape index (κ3) is 7.35. The van der Waals surface area contributed by atoms with Crippen LogP contribution in [-0.4, -0.2) is 66.4 Å². The van der Waals surface area contributed by atoms with Crippen molar-refractivity contribution < 1.29 is 23.8 Å². The molecule has 0 aliphatic heterocycles. The van der Waals surface area contributed by atoms with Crippen molar-refractivity contribution in [3.8, 4) is 39.8 Å². The fraction of sp³-hybridized carbons (Fsp3) is 0.324. The number of amides is 2. The van der Waals surface area contributed by atoms with E-state index in [9.17, 15) is 14.4 Å². The third-order valence-corrected chi connectivity index (χ3v) is 8.64. The number of anilines is 2. The standard InChI is InChI=1S/C34H38N6O6S/c1-19(41)37-25-11-9-20-16-29(44-2)31(45-3)32(46-4)30(20)23-10-12-26(28(42)17-24(23)25)39-27(13-14-47-5)34(43)38-22-8-6-7-21(15-22)33-35-18-36-40-33/h6-8,10,12,15-18,25,27H,9,11,13-14H2,1-5H3,(H,37,41)(H,38,43)(H,39,42)(H,35,36,40). The van der Waals surface area contributed by atoms with E-state index in [1.54, 1.807) is 44.2 Å². The van der Waals surface area contributed by atoms with Crippen LogP contribution < -0.4 is 35.6 Å². The number of nitrogens with one attached hydrogen (secondary N) is 4. The molecule has 2 unspecified atom stereocenters. The number of hydrogen-bond donors (Lipinski definition) is 4. The Bertz CT molecular complexity index is 1820. The van der Waals surface area contributed by atoms with Crippen molar-refractivity contribution in [3.05, 3.63) is 76.2 Å². The number of benzene rings is 2. The second-order valence-corrected chi connectivity index (χ2v) is 12.0. The highest BCUT2D eigenvalue weighted by Gasteiger charge is 2.30. The van der Waals surface area contributed by atoms with E-state index in [2.05, 4.69) is 31.1 Å². The Morgan fingerprint density at radius 2 is 1.87 bits per heavy atom. The highest BCUT2D eigenvalue weighted by molar-refractivity contribution is 7.98. The van der Waals surface area contributed by atoms with Crippen LogP contribution in [0.5, 0.6) is 17.2 Å². The normalized spacial score (nSPS) is 14.1. The van der Waals surface area contributed by atoms with Gasteiger partial charge in [0, 0.05) is 23.7 Å². The van der Waals surface area contributed by atoms with Crippen molar-refractivity contribution in [1.82, 2.24) is 20.5 Å². The molecule has 0 radical (unpaired) electrons. The molecule has 12 nitrogen and oxygen atoms in total. The molecule has 4 N–H and O–H groups in total. The molecule has 2 amide bonds. The minimum Gasteiger partial charge on any atom is -0.493 e. The first-order valence-electron chi connectivity index (χ1n) is 15.1. The number of hydrogen-bond acceptors (Lipinski definition) is 10. The van der Waals surface area contributed by atoms with Crippen LogP contribution in [0.15, 0.2) is 59.7 Å². The Morgan fingerprint density at radius 3 is 2.55 bits per heavy atom. The molecule has 13 heteroatoms. The number of carbonyl (C=O) groups is 2. The largest absolute Gasteiger partial charge is 0.493 e. The molecular weight excluding hydrogens is 620 g/mol. The van der Waals surface area contributed by atoms with Gasteiger partial charge in [0.1, 0.15) is 12.4 Å². The van der Waals surface area contributed by atoms with Crippen molar-refractivity contribution in [3.63, 3.8) is 0 Å². The second-order valence-electron chi connectivity index (χ2n) is 11.0. The van der Waals surface area contributed by atoms with E-state index in [1.807, 2.05) is 30.5 Å². The van der Waals surface area contributed by atoms with Gasteiger partial charge in [-0.1, -0.05) is 18.2 Å². The number of aromatic amines is 1. The predicted molar refractivity (Wildman–Crippen MR) is 184 cm³/mol. The lowest BCUT2D eigenvalue weighted by molar-refractivity contribution is -0.120. The number of nitrogens with zero attached hydrogens (tertiary/aromatic N) is 2. The quantitative estimate of drug-likeness (QED) is 0.166. The van der Waals surface area contributed by atoms with Gasteiger partial charge in [-0.3, -0.25) is 19.5 Å². The zero-order valence-electron chi connectivity index (χ0n) is 26.9. The summed E-state index contributed by atoms with van der Waals surface area (Å²) in [5.41, 5.74) is 4.29. The lowest BCUT2D eigenvalue weighted by Crippen LogP contribution is -2.36. The topological polar surface area (TPSA) is 157 Å². The van der Waals surface area contributed by atoms with Gasteiger partial charge >= 0.3 is 0 Å². The molecule has 0 saturated carbocycles. The van der Waals surface area contributed by atoms with Crippen LogP contribution in [0, 0.1) is 0 Å². The molecule has 246 valence electrons. The molecule has 2 atom stereocenters. The van der Waals surface area contributed by atoms with Gasteiger partial charge in [0.25, 0.3) is 0 Å². The van der Waals surface area contributed by atoms with Crippen molar-refractivity contribution in [2.45, 2.75) is 38.3 Å². The summed E-state index contributed by atoms with van der Waals surface area (Å²) in [6.07, 6.45) is 4.97. The zero-order chi connectivity index (χ0) is 33.5. The Labute approximate surface area is 277 Å². The van der Waals surface area contributed by atoms with Crippen molar-refractivity contribution in [1.29, 1.82) is 0 Å². The van der Waals surface area contributed by atoms with Crippen LogP contribution in [0.25, 0.3) is 22.5 Å². The van der Waals surface area contributed by atoms with Crippen LogP contribution in [-0.2, 0) is 16.0 Å². The van der Waals surface area contributed by atoms with Gasteiger partial charge in [-0.25, -0.2) is 4.98 Å². The van der Waals surface area contributed by atoms with Crippen LogP contribution in [0.3, 0.4) is 0 Å². The van der Waals surface area contributed by atoms with Gasteiger partial charge < -0.3 is 30.2 Å². The number of thioether (sulfide) groups is 1. The summed E-state index contributed by atoms with van der Waals surface area (Å²) in [6.45, 7) is 1.45. The Hall–Kier alpha value is -5.04. The van der Waals surface area contributed by atoms with Crippen molar-refractivity contribution >= 4 is 35.0 Å². The van der Waals surface area contributed by atoms with Crippen LogP contribution in [0.2, 0.25) is 0 Å². The molecule has 3 aromatic carbocycles. The number of methoxy groups -OCH3 is 3. The third-order valence-electron chi connectivity index (χ3n) is 7.99. The van der Waals surface area contributed by atoms with E-state index in [4.69, 9.17) is 14.2 Å². The number of rotatable bonds is 12. The summed E-state index contributed by atoms with van der Waals surface area (Å²) in [7, 11) is 4.66. The van der Waals surface area contributed by atoms with Gasteiger partial charge in [-0.2, -0.15) is 16.9 Å². The Morgan fingerprint density at radius 1 is 1.06 bits per heavy atom. The summed E-state index contributed by atoms with van der Waals surface area (Å²) in [6, 6.07) is 13.1. The van der Waals surface area contributed by atoms with Crippen LogP contribution in [0.1, 0.15) is 36.9 Å². The first-order chi connectivity index (χ1) is 22.8. The molecule has 4 aromatic rings. The van der Waals surface area contributed by atoms with E-state index < -0.39 is 12.1 Å². The minimum absolute atomic E-state index is 0.215. The highest BCUT2D eigenvalue weighted by Crippen LogP contribution is 2.50. The number of H-pyrrole nitrogens is 1. The van der Waals surface area contributed by atoms with E-state index in [0.717, 1.165) is 16.7 Å². The Balaban J connectivity index is 1.56. The highest BCUT2D eigenvalue weighted by atomic mass is 32.2. The summed E-state index contributed by atoms with van der Waals surface area (Å²) in [5, 5.41) is 15.9. The number of aromatic nitrogens is 3. The van der Waals surface area contributed by atoms with Gasteiger partial charge in [-0.05, 0) is 78.3 Å². The average Bonchev–Trinajstić information content (AvgIpc) is 3.51. The van der Waals surface area contributed by atoms with E-state index in [-0.39, 0.29) is 22.9 Å². The first kappa shape index (κ1) is 33.3. The van der Waals surface area contributed by atoms with Crippen molar-refractivity contribution in [2.75, 3.05) is 44.0 Å². The van der Waals surface area contributed by atoms with E-state index in [0.29, 0.717) is 64.9 Å². The van der Waals surface area contributed by atoms with Crippen LogP contribution >= 0.6 is 11.8 Å². The summed E-state index contributed by atoms with van der Waals surface area (Å²) >= 11 is 1.60. The molecule has 0 spiro atoms. The average molecular weight is 659 g/mol. The summed E-state index contributed by atoms with van der Waals surface area (Å²) < 4.78 is 17.2. The zero-order valence-corrected chi connectivity index (χ0v) is 27.7. The number of aryl methyl sites for hydroxylation is 1. The van der Waals surface area contributed by atoms with Gasteiger partial charge in [0.05, 0.1) is 33.1 Å². The number of ether oxygens (including phenoxy) is 3. The van der Waals surface area contributed by atoms with Gasteiger partial charge in [-0.15, -0.1) is 0 Å². The molecule has 0 bridgehead atoms. The molecule has 0 fully saturated rings. The molecule has 1 aliphatic carbocycles. The maximum absolute atomic E-state index is 13.9. The van der Waals surface area contributed by atoms with Gasteiger partial charge in [0.15, 0.2) is 17.3 Å². The monoisotopic (exact) mass is 658 g/mol. The molecule has 0 saturated heterocycles.